The fraction of sp³-hybridized carbons (Fsp3) is 0.143. The Morgan fingerprint density at radius 3 is 2.71 bits per heavy atom. The summed E-state index contributed by atoms with van der Waals surface area (Å²) in [6, 6.07) is 12.7. The van der Waals surface area contributed by atoms with Gasteiger partial charge in [0.2, 0.25) is 0 Å². The van der Waals surface area contributed by atoms with Crippen molar-refractivity contribution in [1.29, 1.82) is 0 Å². The van der Waals surface area contributed by atoms with Crippen LogP contribution in [0.3, 0.4) is 0 Å². The number of aryl methyl sites for hydroxylation is 1. The first-order valence-corrected chi connectivity index (χ1v) is 4.73. The van der Waals surface area contributed by atoms with Crippen LogP contribution in [-0.4, -0.2) is 0 Å². The molecule has 0 fully saturated rings. The predicted molar refractivity (Wildman–Crippen MR) is 61.2 cm³/mol. The first-order chi connectivity index (χ1) is 6.81. The molecular weight excluding hydrogens is 168 g/mol. The molecule has 0 N–H and O–H groups in total. The third-order valence-corrected chi connectivity index (χ3v) is 2.37. The average molecular weight is 180 g/mol. The Morgan fingerprint density at radius 2 is 1.93 bits per heavy atom. The van der Waals surface area contributed by atoms with Gasteiger partial charge in [0.1, 0.15) is 0 Å². The zero-order valence-electron chi connectivity index (χ0n) is 8.46. The normalized spacial score (nSPS) is 9.57. The highest BCUT2D eigenvalue weighted by Gasteiger charge is 1.96. The van der Waals surface area contributed by atoms with Crippen molar-refractivity contribution in [2.75, 3.05) is 0 Å². The fourth-order valence-corrected chi connectivity index (χ4v) is 1.65. The second-order valence-electron chi connectivity index (χ2n) is 3.39. The fourth-order valence-electron chi connectivity index (χ4n) is 1.65. The molecule has 0 aliphatic rings. The molecule has 2 aromatic carbocycles. The van der Waals surface area contributed by atoms with Gasteiger partial charge >= 0.3 is 0 Å². The van der Waals surface area contributed by atoms with Crippen LogP contribution in [0.1, 0.15) is 18.1 Å². The lowest BCUT2D eigenvalue weighted by Crippen LogP contribution is -1.80. The topological polar surface area (TPSA) is 0 Å². The van der Waals surface area contributed by atoms with Crippen molar-refractivity contribution in [1.82, 2.24) is 0 Å². The molecule has 0 spiro atoms. The maximum atomic E-state index is 3.08. The summed E-state index contributed by atoms with van der Waals surface area (Å²) in [5, 5.41) is 2.58. The Bertz CT molecular complexity index is 524. The van der Waals surface area contributed by atoms with Crippen LogP contribution in [0.2, 0.25) is 0 Å². The van der Waals surface area contributed by atoms with Crippen LogP contribution in [0, 0.1) is 18.8 Å². The van der Waals surface area contributed by atoms with E-state index in [1.807, 2.05) is 6.92 Å². The van der Waals surface area contributed by atoms with Gasteiger partial charge in [-0.3, -0.25) is 0 Å². The lowest BCUT2D eigenvalue weighted by molar-refractivity contribution is 1.52. The first kappa shape index (κ1) is 8.84. The van der Waals surface area contributed by atoms with Crippen LogP contribution in [0.25, 0.3) is 10.8 Å². The third kappa shape index (κ3) is 1.49. The van der Waals surface area contributed by atoms with E-state index in [4.69, 9.17) is 0 Å². The number of hydrogen-bond acceptors (Lipinski definition) is 0. The Labute approximate surface area is 84.6 Å². The molecule has 2 aromatic rings. The van der Waals surface area contributed by atoms with Gasteiger partial charge < -0.3 is 0 Å². The molecule has 2 rings (SSSR count). The van der Waals surface area contributed by atoms with E-state index in [2.05, 4.69) is 55.2 Å². The minimum Gasteiger partial charge on any atom is -0.101 e. The van der Waals surface area contributed by atoms with Gasteiger partial charge in [0, 0.05) is 5.56 Å². The summed E-state index contributed by atoms with van der Waals surface area (Å²) in [5.41, 5.74) is 2.40. The molecular formula is C14H12. The lowest BCUT2D eigenvalue weighted by Gasteiger charge is -2.01. The molecule has 0 saturated carbocycles. The van der Waals surface area contributed by atoms with E-state index in [-0.39, 0.29) is 0 Å². The first-order valence-electron chi connectivity index (χ1n) is 4.73. The zero-order chi connectivity index (χ0) is 9.97. The largest absolute Gasteiger partial charge is 0.101 e. The van der Waals surface area contributed by atoms with Crippen molar-refractivity contribution >= 4 is 10.8 Å². The van der Waals surface area contributed by atoms with Gasteiger partial charge in [-0.25, -0.2) is 0 Å². The summed E-state index contributed by atoms with van der Waals surface area (Å²) in [6.45, 7) is 3.99. The SMILES string of the molecule is CC#Cc1ccc2cccc(C)c2c1. The van der Waals surface area contributed by atoms with E-state index in [0.717, 1.165) is 5.56 Å². The summed E-state index contributed by atoms with van der Waals surface area (Å²) >= 11 is 0. The molecule has 14 heavy (non-hydrogen) atoms. The maximum absolute atomic E-state index is 3.08. The molecule has 68 valence electrons. The van der Waals surface area contributed by atoms with Crippen LogP contribution < -0.4 is 0 Å². The van der Waals surface area contributed by atoms with Gasteiger partial charge in [-0.2, -0.15) is 0 Å². The standard InChI is InChI=1S/C14H12/c1-3-5-12-8-9-13-7-4-6-11(2)14(13)10-12/h4,6-10H,1-2H3. The molecule has 0 aliphatic heterocycles. The molecule has 0 heterocycles. The summed E-state index contributed by atoms with van der Waals surface area (Å²) in [7, 11) is 0. The van der Waals surface area contributed by atoms with Crippen LogP contribution in [0.15, 0.2) is 36.4 Å². The highest BCUT2D eigenvalue weighted by atomic mass is 14.0. The Kier molecular flexibility index (Phi) is 2.24. The zero-order valence-corrected chi connectivity index (χ0v) is 8.46. The van der Waals surface area contributed by atoms with Gasteiger partial charge in [0.05, 0.1) is 0 Å². The molecule has 0 bridgehead atoms. The molecule has 0 saturated heterocycles. The quantitative estimate of drug-likeness (QED) is 0.544. The second kappa shape index (κ2) is 3.55. The van der Waals surface area contributed by atoms with E-state index in [1.165, 1.54) is 16.3 Å². The van der Waals surface area contributed by atoms with Gasteiger partial charge in [0.15, 0.2) is 0 Å². The van der Waals surface area contributed by atoms with Gasteiger partial charge in [-0.15, -0.1) is 5.92 Å². The summed E-state index contributed by atoms with van der Waals surface area (Å²) in [6.07, 6.45) is 0. The van der Waals surface area contributed by atoms with Crippen LogP contribution in [0.5, 0.6) is 0 Å². The van der Waals surface area contributed by atoms with Crippen molar-refractivity contribution in [3.8, 4) is 11.8 Å². The van der Waals surface area contributed by atoms with Crippen molar-refractivity contribution in [3.63, 3.8) is 0 Å². The summed E-state index contributed by atoms with van der Waals surface area (Å²) in [5.74, 6) is 6.00. The Morgan fingerprint density at radius 1 is 1.07 bits per heavy atom. The molecule has 0 heteroatoms. The van der Waals surface area contributed by atoms with E-state index in [1.54, 1.807) is 0 Å². The number of rotatable bonds is 0. The van der Waals surface area contributed by atoms with Crippen molar-refractivity contribution in [2.45, 2.75) is 13.8 Å². The van der Waals surface area contributed by atoms with Gasteiger partial charge in [-0.1, -0.05) is 30.2 Å². The highest BCUT2D eigenvalue weighted by molar-refractivity contribution is 5.86. The molecule has 0 unspecified atom stereocenters. The van der Waals surface area contributed by atoms with E-state index in [0.29, 0.717) is 0 Å². The highest BCUT2D eigenvalue weighted by Crippen LogP contribution is 2.19. The maximum Gasteiger partial charge on any atom is 0.0251 e. The van der Waals surface area contributed by atoms with Crippen molar-refractivity contribution in [2.24, 2.45) is 0 Å². The second-order valence-corrected chi connectivity index (χ2v) is 3.39. The number of hydrogen-bond donors (Lipinski definition) is 0. The van der Waals surface area contributed by atoms with E-state index < -0.39 is 0 Å². The van der Waals surface area contributed by atoms with E-state index >= 15 is 0 Å². The minimum atomic E-state index is 1.09. The van der Waals surface area contributed by atoms with E-state index in [9.17, 15) is 0 Å². The molecule has 0 aliphatic carbocycles. The van der Waals surface area contributed by atoms with Crippen LogP contribution >= 0.6 is 0 Å². The number of benzene rings is 2. The molecule has 0 amide bonds. The van der Waals surface area contributed by atoms with Gasteiger partial charge in [0.25, 0.3) is 0 Å². The Balaban J connectivity index is 2.73. The smallest absolute Gasteiger partial charge is 0.0251 e. The molecule has 0 atom stereocenters. The molecule has 0 radical (unpaired) electrons. The van der Waals surface area contributed by atoms with Crippen LogP contribution in [-0.2, 0) is 0 Å². The van der Waals surface area contributed by atoms with Crippen molar-refractivity contribution < 1.29 is 0 Å². The van der Waals surface area contributed by atoms with Crippen molar-refractivity contribution in [3.05, 3.63) is 47.5 Å². The summed E-state index contributed by atoms with van der Waals surface area (Å²) < 4.78 is 0. The number of fused-ring (bicyclic) bond motifs is 1. The lowest BCUT2D eigenvalue weighted by atomic mass is 10.0. The Hall–Kier alpha value is -1.74. The average Bonchev–Trinajstić information content (AvgIpc) is 2.20. The minimum absolute atomic E-state index is 1.09. The third-order valence-electron chi connectivity index (χ3n) is 2.37. The monoisotopic (exact) mass is 180 g/mol. The predicted octanol–water partition coefficient (Wildman–Crippen LogP) is 3.52. The summed E-state index contributed by atoms with van der Waals surface area (Å²) in [4.78, 5) is 0. The molecule has 0 aromatic heterocycles. The van der Waals surface area contributed by atoms with Crippen LogP contribution in [0.4, 0.5) is 0 Å². The van der Waals surface area contributed by atoms with Gasteiger partial charge in [-0.05, 0) is 42.3 Å². The molecule has 0 nitrogen and oxygen atoms in total.